The highest BCUT2D eigenvalue weighted by molar-refractivity contribution is 5.74. The summed E-state index contributed by atoms with van der Waals surface area (Å²) >= 11 is 0. The molecule has 398 valence electrons. The number of hydrogen-bond acceptors (Lipinski definition) is 23. The number of unbranched alkanes of at least 4 members (excludes halogenated alkanes) is 4. The van der Waals surface area contributed by atoms with Gasteiger partial charge in [-0.05, 0) is 38.5 Å². The number of nitrogens with one attached hydrogen (secondary N) is 4. The van der Waals surface area contributed by atoms with E-state index in [2.05, 4.69) is 21.3 Å². The predicted octanol–water partition coefficient (Wildman–Crippen LogP) is -0.514. The summed E-state index contributed by atoms with van der Waals surface area (Å²) in [6, 6.07) is -2.21. The molecule has 2 fully saturated rings. The number of ether oxygens (including phenoxy) is 12. The fourth-order valence-electron chi connectivity index (χ4n) is 6.95. The summed E-state index contributed by atoms with van der Waals surface area (Å²) in [6.45, 7) is 8.15. The molecule has 2 aliphatic rings. The van der Waals surface area contributed by atoms with Crippen molar-refractivity contribution in [2.24, 2.45) is 0 Å². The molecular weight excluding hydrogens is 940 g/mol. The average molecular weight is 1010 g/mol. The molecule has 0 aromatic heterocycles. The van der Waals surface area contributed by atoms with E-state index < -0.39 is 140 Å². The molecular formula is C43H68N4O23. The van der Waals surface area contributed by atoms with Crippen LogP contribution >= 0.6 is 0 Å². The van der Waals surface area contributed by atoms with Crippen LogP contribution < -0.4 is 21.3 Å². The van der Waals surface area contributed by atoms with Crippen molar-refractivity contribution in [1.29, 1.82) is 0 Å². The van der Waals surface area contributed by atoms with Crippen molar-refractivity contribution in [2.45, 2.75) is 161 Å². The zero-order valence-corrected chi connectivity index (χ0v) is 40.7. The minimum absolute atomic E-state index is 0.0800. The molecule has 2 aliphatic heterocycles. The Kier molecular flexibility index (Phi) is 27.6. The van der Waals surface area contributed by atoms with E-state index in [4.69, 9.17) is 56.8 Å². The molecule has 27 nitrogen and oxygen atoms in total. The van der Waals surface area contributed by atoms with Gasteiger partial charge in [-0.1, -0.05) is 0 Å². The van der Waals surface area contributed by atoms with E-state index in [0.717, 1.165) is 27.7 Å². The molecule has 0 aromatic carbocycles. The summed E-state index contributed by atoms with van der Waals surface area (Å²) in [7, 11) is 0. The molecule has 0 spiro atoms. The van der Waals surface area contributed by atoms with Crippen LogP contribution in [0.1, 0.15) is 93.9 Å². The smallest absolute Gasteiger partial charge is 0.407 e. The number of alkyl carbamates (subject to hydrolysis) is 2. The Hall–Kier alpha value is -5.90. The standard InChI is InChI=1S/C43H68N4O23/c1-23(48)46-34-38(67-29(7)54)36(65-27(5)52)32(21-61-25(3)50)69-40(34)59-17-13-9-11-15-44-42(57)63-19-31(56)20-64-43(58)45-16-12-10-14-18-60-41-35(47-24(2)49)39(68-30(8)55)37(66-28(6)53)33(70-41)22-62-26(4)51/h31-41,56H,9-22H2,1-8H3,(H,44,57)(H,45,58)(H,46,48)(H,47,49)/t32-,33-,34-,35-,36+,37+,38-,39-,40-,41-/m1/s1. The van der Waals surface area contributed by atoms with Crippen molar-refractivity contribution in [3.05, 3.63) is 0 Å². The molecule has 10 atom stereocenters. The topological polar surface area (TPSA) is 350 Å². The Bertz CT molecular complexity index is 1630. The van der Waals surface area contributed by atoms with Gasteiger partial charge in [0.25, 0.3) is 0 Å². The van der Waals surface area contributed by atoms with Gasteiger partial charge in [-0.15, -0.1) is 0 Å². The van der Waals surface area contributed by atoms with E-state index in [1.54, 1.807) is 0 Å². The van der Waals surface area contributed by atoms with Crippen LogP contribution in [0.5, 0.6) is 0 Å². The minimum Gasteiger partial charge on any atom is -0.463 e. The highest BCUT2D eigenvalue weighted by Gasteiger charge is 2.52. The van der Waals surface area contributed by atoms with Crippen LogP contribution in [0.15, 0.2) is 0 Å². The predicted molar refractivity (Wildman–Crippen MR) is 232 cm³/mol. The number of rotatable bonds is 28. The number of hydrogen-bond donors (Lipinski definition) is 5. The first-order chi connectivity index (χ1) is 33.1. The summed E-state index contributed by atoms with van der Waals surface area (Å²) < 4.78 is 65.4. The zero-order valence-electron chi connectivity index (χ0n) is 40.7. The lowest BCUT2D eigenvalue weighted by Gasteiger charge is -2.44. The van der Waals surface area contributed by atoms with Crippen LogP contribution in [-0.4, -0.2) is 185 Å². The number of esters is 6. The SMILES string of the molecule is CC(=O)N[C@H]1[C@H](OCCCCCNC(=O)OCC(O)COC(=O)NCCCCCO[C@@H]2O[C@H](COC(C)=O)[C@H](OC(C)=O)[C@H](OC(C)=O)[C@H]2NC(C)=O)O[C@H](COC(C)=O)[C@H](OC(C)=O)[C@@H]1OC(C)=O. The molecule has 70 heavy (non-hydrogen) atoms. The third-order valence-corrected chi connectivity index (χ3v) is 9.70. The number of aliphatic hydroxyl groups excluding tert-OH is 1. The summed E-state index contributed by atoms with van der Waals surface area (Å²) in [5.41, 5.74) is 0. The molecule has 0 unspecified atom stereocenters. The van der Waals surface area contributed by atoms with Gasteiger partial charge in [0.1, 0.15) is 56.8 Å². The highest BCUT2D eigenvalue weighted by Crippen LogP contribution is 2.30. The first-order valence-corrected chi connectivity index (χ1v) is 22.6. The summed E-state index contributed by atoms with van der Waals surface area (Å²) in [5.74, 6) is -5.28. The first-order valence-electron chi connectivity index (χ1n) is 22.6. The second-order valence-electron chi connectivity index (χ2n) is 16.0. The number of carbonyl (C=O) groups excluding carboxylic acids is 10. The Morgan fingerprint density at radius 1 is 0.457 bits per heavy atom. The Balaban J connectivity index is 1.71. The van der Waals surface area contributed by atoms with Gasteiger partial charge in [0, 0.05) is 81.7 Å². The van der Waals surface area contributed by atoms with E-state index >= 15 is 0 Å². The second-order valence-corrected chi connectivity index (χ2v) is 16.0. The van der Waals surface area contributed by atoms with Crippen molar-refractivity contribution >= 4 is 59.8 Å². The maximum Gasteiger partial charge on any atom is 0.407 e. The molecule has 2 saturated heterocycles. The zero-order chi connectivity index (χ0) is 52.3. The molecule has 0 bridgehead atoms. The molecule has 4 amide bonds. The average Bonchev–Trinajstić information content (AvgIpc) is 3.25. The normalized spacial score (nSPS) is 23.9. The maximum absolute atomic E-state index is 12.2. The lowest BCUT2D eigenvalue weighted by molar-refractivity contribution is -0.277. The minimum atomic E-state index is -1.32. The van der Waals surface area contributed by atoms with E-state index in [1.165, 1.54) is 27.7 Å². The molecule has 0 aliphatic carbocycles. The lowest BCUT2D eigenvalue weighted by atomic mass is 9.96. The van der Waals surface area contributed by atoms with Crippen LogP contribution in [0, 0.1) is 0 Å². The molecule has 0 aromatic rings. The van der Waals surface area contributed by atoms with Crippen LogP contribution in [0.4, 0.5) is 9.59 Å². The molecule has 2 heterocycles. The van der Waals surface area contributed by atoms with Gasteiger partial charge in [0.15, 0.2) is 37.0 Å². The molecule has 0 saturated carbocycles. The second kappa shape index (κ2) is 32.1. The van der Waals surface area contributed by atoms with Crippen LogP contribution in [0.2, 0.25) is 0 Å². The van der Waals surface area contributed by atoms with Gasteiger partial charge in [-0.25, -0.2) is 9.59 Å². The van der Waals surface area contributed by atoms with Gasteiger partial charge in [0.2, 0.25) is 11.8 Å². The lowest BCUT2D eigenvalue weighted by Crippen LogP contribution is -2.66. The van der Waals surface area contributed by atoms with Crippen molar-refractivity contribution < 1.29 is 110 Å². The summed E-state index contributed by atoms with van der Waals surface area (Å²) in [6.07, 6.45) is -9.74. The quantitative estimate of drug-likeness (QED) is 0.0374. The van der Waals surface area contributed by atoms with Crippen molar-refractivity contribution in [2.75, 3.05) is 52.7 Å². The van der Waals surface area contributed by atoms with E-state index in [-0.39, 0.29) is 39.5 Å². The fourth-order valence-corrected chi connectivity index (χ4v) is 6.95. The Labute approximate surface area is 404 Å². The summed E-state index contributed by atoms with van der Waals surface area (Å²) in [4.78, 5) is 120. The van der Waals surface area contributed by atoms with E-state index in [0.29, 0.717) is 38.5 Å². The largest absolute Gasteiger partial charge is 0.463 e. The third kappa shape index (κ3) is 24.1. The molecule has 5 N–H and O–H groups in total. The van der Waals surface area contributed by atoms with E-state index in [1.807, 2.05) is 0 Å². The van der Waals surface area contributed by atoms with Gasteiger partial charge >= 0.3 is 48.0 Å². The van der Waals surface area contributed by atoms with Crippen LogP contribution in [-0.2, 0) is 95.2 Å². The molecule has 0 radical (unpaired) electrons. The van der Waals surface area contributed by atoms with Gasteiger partial charge in [-0.3, -0.25) is 38.4 Å². The van der Waals surface area contributed by atoms with Crippen molar-refractivity contribution in [1.82, 2.24) is 21.3 Å². The number of aliphatic hydroxyl groups is 1. The monoisotopic (exact) mass is 1010 g/mol. The van der Waals surface area contributed by atoms with Crippen molar-refractivity contribution in [3.8, 4) is 0 Å². The van der Waals surface area contributed by atoms with Crippen molar-refractivity contribution in [3.63, 3.8) is 0 Å². The number of amides is 4. The van der Waals surface area contributed by atoms with Crippen LogP contribution in [0.3, 0.4) is 0 Å². The van der Waals surface area contributed by atoms with Gasteiger partial charge in [0.05, 0.1) is 0 Å². The molecule has 2 rings (SSSR count). The third-order valence-electron chi connectivity index (χ3n) is 9.70. The van der Waals surface area contributed by atoms with Gasteiger partial charge in [-0.2, -0.15) is 0 Å². The Morgan fingerprint density at radius 2 is 0.800 bits per heavy atom. The van der Waals surface area contributed by atoms with E-state index in [9.17, 15) is 53.1 Å². The maximum atomic E-state index is 12.2. The molecule has 27 heteroatoms. The first kappa shape index (κ1) is 60.2. The highest BCUT2D eigenvalue weighted by atomic mass is 16.7. The Morgan fingerprint density at radius 3 is 1.11 bits per heavy atom. The van der Waals surface area contributed by atoms with Crippen LogP contribution in [0.25, 0.3) is 0 Å². The van der Waals surface area contributed by atoms with Gasteiger partial charge < -0.3 is 83.2 Å². The summed E-state index contributed by atoms with van der Waals surface area (Å²) in [5, 5.41) is 20.4. The number of carbonyl (C=O) groups is 10. The fraction of sp³-hybridized carbons (Fsp3) is 0.767.